The lowest BCUT2D eigenvalue weighted by Crippen LogP contribution is -2.52. The topological polar surface area (TPSA) is 102 Å². The molecular formula is C6H17N2O4P. The minimum absolute atomic E-state index is 0.652. The Balaban J connectivity index is 0.000000252. The first kappa shape index (κ1) is 13.0. The molecule has 7 heteroatoms. The summed E-state index contributed by atoms with van der Waals surface area (Å²) in [7, 11) is -4.64. The summed E-state index contributed by atoms with van der Waals surface area (Å²) >= 11 is 0. The number of hydrogen-bond acceptors (Lipinski definition) is 3. The lowest BCUT2D eigenvalue weighted by molar-refractivity contribution is 0.275. The van der Waals surface area contributed by atoms with Crippen molar-refractivity contribution < 1.29 is 19.2 Å². The molecule has 80 valence electrons. The van der Waals surface area contributed by atoms with Gasteiger partial charge in [-0.1, -0.05) is 0 Å². The van der Waals surface area contributed by atoms with E-state index in [-0.39, 0.29) is 0 Å². The molecule has 0 aromatic carbocycles. The molecule has 2 atom stereocenters. The maximum atomic E-state index is 8.88. The van der Waals surface area contributed by atoms with Crippen molar-refractivity contribution >= 4 is 7.82 Å². The van der Waals surface area contributed by atoms with Crippen LogP contribution < -0.4 is 10.6 Å². The number of phosphoric acid groups is 1. The first-order valence-corrected chi connectivity index (χ1v) is 5.60. The summed E-state index contributed by atoms with van der Waals surface area (Å²) in [6.07, 6.45) is 0. The van der Waals surface area contributed by atoms with Crippen LogP contribution in [0.1, 0.15) is 13.8 Å². The summed E-state index contributed by atoms with van der Waals surface area (Å²) in [5.41, 5.74) is 0. The summed E-state index contributed by atoms with van der Waals surface area (Å²) in [6, 6.07) is 1.30. The monoisotopic (exact) mass is 212 g/mol. The highest BCUT2D eigenvalue weighted by Crippen LogP contribution is 2.25. The Morgan fingerprint density at radius 2 is 1.46 bits per heavy atom. The van der Waals surface area contributed by atoms with Crippen LogP contribution in [0.2, 0.25) is 0 Å². The number of rotatable bonds is 0. The molecule has 0 aromatic rings. The number of piperazine rings is 1. The summed E-state index contributed by atoms with van der Waals surface area (Å²) in [4.78, 5) is 21.6. The van der Waals surface area contributed by atoms with E-state index in [1.165, 1.54) is 0 Å². The van der Waals surface area contributed by atoms with Gasteiger partial charge in [-0.3, -0.25) is 0 Å². The second-order valence-electron chi connectivity index (χ2n) is 3.14. The van der Waals surface area contributed by atoms with Gasteiger partial charge in [-0.2, -0.15) is 0 Å². The summed E-state index contributed by atoms with van der Waals surface area (Å²) in [5, 5.41) is 6.74. The van der Waals surface area contributed by atoms with Crippen molar-refractivity contribution in [2.45, 2.75) is 25.9 Å². The minimum Gasteiger partial charge on any atom is -0.314 e. The largest absolute Gasteiger partial charge is 0.466 e. The van der Waals surface area contributed by atoms with Crippen molar-refractivity contribution in [3.63, 3.8) is 0 Å². The van der Waals surface area contributed by atoms with Crippen LogP contribution in [0.5, 0.6) is 0 Å². The zero-order chi connectivity index (χ0) is 10.5. The van der Waals surface area contributed by atoms with Gasteiger partial charge in [0.1, 0.15) is 0 Å². The summed E-state index contributed by atoms with van der Waals surface area (Å²) in [5.74, 6) is 0. The standard InChI is InChI=1S/C6H14N2.H3O4P/c1-5-3-7-4-6(2)8-5;1-5(2,3)4/h5-8H,3-4H2,1-2H3;(H3,1,2,3,4). The van der Waals surface area contributed by atoms with E-state index in [9.17, 15) is 0 Å². The van der Waals surface area contributed by atoms with Gasteiger partial charge in [-0.15, -0.1) is 0 Å². The van der Waals surface area contributed by atoms with E-state index >= 15 is 0 Å². The van der Waals surface area contributed by atoms with Crippen molar-refractivity contribution in [3.05, 3.63) is 0 Å². The fourth-order valence-electron chi connectivity index (χ4n) is 1.12. The molecule has 1 fully saturated rings. The van der Waals surface area contributed by atoms with Gasteiger partial charge in [0.05, 0.1) is 0 Å². The first-order chi connectivity index (χ1) is 5.79. The molecule has 0 saturated carbocycles. The Bertz CT molecular complexity index is 167. The quantitative estimate of drug-likeness (QED) is 0.331. The Kier molecular flexibility index (Phi) is 5.71. The first-order valence-electron chi connectivity index (χ1n) is 4.04. The van der Waals surface area contributed by atoms with Crippen molar-refractivity contribution in [1.82, 2.24) is 10.6 Å². The van der Waals surface area contributed by atoms with Gasteiger partial charge >= 0.3 is 7.82 Å². The van der Waals surface area contributed by atoms with Gasteiger partial charge in [0.25, 0.3) is 0 Å². The van der Waals surface area contributed by atoms with E-state index in [0.29, 0.717) is 12.1 Å². The molecule has 2 unspecified atom stereocenters. The third-order valence-electron chi connectivity index (χ3n) is 1.47. The predicted molar refractivity (Wildman–Crippen MR) is 49.2 cm³/mol. The van der Waals surface area contributed by atoms with Crippen LogP contribution in [-0.2, 0) is 4.57 Å². The number of nitrogens with one attached hydrogen (secondary N) is 2. The van der Waals surface area contributed by atoms with Crippen LogP contribution in [0.15, 0.2) is 0 Å². The Morgan fingerprint density at radius 1 is 1.15 bits per heavy atom. The third kappa shape index (κ3) is 12.0. The molecule has 13 heavy (non-hydrogen) atoms. The molecular weight excluding hydrogens is 195 g/mol. The van der Waals surface area contributed by atoms with E-state index < -0.39 is 7.82 Å². The summed E-state index contributed by atoms with van der Waals surface area (Å²) in [6.45, 7) is 6.62. The predicted octanol–water partition coefficient (Wildman–Crippen LogP) is -0.972. The van der Waals surface area contributed by atoms with Crippen LogP contribution in [0.3, 0.4) is 0 Å². The van der Waals surface area contributed by atoms with Gasteiger partial charge in [-0.25, -0.2) is 4.57 Å². The molecule has 6 nitrogen and oxygen atoms in total. The molecule has 0 spiro atoms. The molecule has 5 N–H and O–H groups in total. The van der Waals surface area contributed by atoms with Gasteiger partial charge in [0, 0.05) is 25.2 Å². The van der Waals surface area contributed by atoms with Gasteiger partial charge in [0.15, 0.2) is 0 Å². The molecule has 0 radical (unpaired) electrons. The maximum absolute atomic E-state index is 8.88. The molecule has 0 aliphatic carbocycles. The lowest BCUT2D eigenvalue weighted by Gasteiger charge is -2.26. The van der Waals surface area contributed by atoms with Crippen LogP contribution >= 0.6 is 7.82 Å². The fourth-order valence-corrected chi connectivity index (χ4v) is 1.12. The second-order valence-corrected chi connectivity index (χ2v) is 4.17. The summed E-state index contributed by atoms with van der Waals surface area (Å²) < 4.78 is 8.88. The van der Waals surface area contributed by atoms with Gasteiger partial charge < -0.3 is 25.3 Å². The molecule has 1 saturated heterocycles. The van der Waals surface area contributed by atoms with Crippen molar-refractivity contribution in [2.24, 2.45) is 0 Å². The highest BCUT2D eigenvalue weighted by atomic mass is 31.2. The van der Waals surface area contributed by atoms with E-state index in [1.54, 1.807) is 0 Å². The molecule has 1 rings (SSSR count). The zero-order valence-corrected chi connectivity index (χ0v) is 8.66. The van der Waals surface area contributed by atoms with Crippen LogP contribution in [-0.4, -0.2) is 39.9 Å². The van der Waals surface area contributed by atoms with Crippen LogP contribution in [0.25, 0.3) is 0 Å². The van der Waals surface area contributed by atoms with E-state index in [2.05, 4.69) is 24.5 Å². The van der Waals surface area contributed by atoms with Crippen molar-refractivity contribution in [3.8, 4) is 0 Å². The van der Waals surface area contributed by atoms with Gasteiger partial charge in [0.2, 0.25) is 0 Å². The fraction of sp³-hybridized carbons (Fsp3) is 1.00. The molecule has 0 aromatic heterocycles. The number of hydrogen-bond donors (Lipinski definition) is 5. The van der Waals surface area contributed by atoms with Crippen LogP contribution in [0.4, 0.5) is 0 Å². The third-order valence-corrected chi connectivity index (χ3v) is 1.47. The van der Waals surface area contributed by atoms with E-state index in [1.807, 2.05) is 0 Å². The second kappa shape index (κ2) is 5.70. The molecule has 0 amide bonds. The smallest absolute Gasteiger partial charge is 0.314 e. The average molecular weight is 212 g/mol. The molecule has 1 aliphatic heterocycles. The van der Waals surface area contributed by atoms with Crippen molar-refractivity contribution in [1.29, 1.82) is 0 Å². The van der Waals surface area contributed by atoms with E-state index in [0.717, 1.165) is 13.1 Å². The van der Waals surface area contributed by atoms with Crippen LogP contribution in [0, 0.1) is 0 Å². The Morgan fingerprint density at radius 3 is 1.62 bits per heavy atom. The average Bonchev–Trinajstić information content (AvgIpc) is 1.81. The van der Waals surface area contributed by atoms with E-state index in [4.69, 9.17) is 19.2 Å². The minimum atomic E-state index is -4.64. The molecule has 0 bridgehead atoms. The highest BCUT2D eigenvalue weighted by molar-refractivity contribution is 7.45. The SMILES string of the molecule is CC1CNCC(C)N1.O=P(O)(O)O. The molecule has 1 heterocycles. The zero-order valence-electron chi connectivity index (χ0n) is 7.77. The highest BCUT2D eigenvalue weighted by Gasteiger charge is 2.11. The normalized spacial score (nSPS) is 29.0. The Labute approximate surface area is 77.6 Å². The molecule has 1 aliphatic rings. The Hall–Kier alpha value is 0.0300. The lowest BCUT2D eigenvalue weighted by atomic mass is 10.2. The van der Waals surface area contributed by atoms with Crippen molar-refractivity contribution in [2.75, 3.05) is 13.1 Å². The maximum Gasteiger partial charge on any atom is 0.466 e. The van der Waals surface area contributed by atoms with Gasteiger partial charge in [-0.05, 0) is 13.8 Å².